The summed E-state index contributed by atoms with van der Waals surface area (Å²) in [6.45, 7) is 2.39. The lowest BCUT2D eigenvalue weighted by Gasteiger charge is -2.19. The second-order valence-corrected chi connectivity index (χ2v) is 4.71. The molecule has 92 valence electrons. The molecular weight excluding hydrogens is 223 g/mol. The van der Waals surface area contributed by atoms with Gasteiger partial charge in [0, 0.05) is 18.8 Å². The molecule has 1 amide bonds. The van der Waals surface area contributed by atoms with Crippen LogP contribution in [0.2, 0.25) is 0 Å². The summed E-state index contributed by atoms with van der Waals surface area (Å²) >= 11 is 0. The number of nitrogens with zero attached hydrogens (tertiary/aromatic N) is 1. The Labute approximate surface area is 98.8 Å². The lowest BCUT2D eigenvalue weighted by molar-refractivity contribution is 0.0572. The predicted molar refractivity (Wildman–Crippen MR) is 62.0 cm³/mol. The van der Waals surface area contributed by atoms with Crippen LogP contribution in [0.3, 0.4) is 0 Å². The van der Waals surface area contributed by atoms with Gasteiger partial charge in [0.2, 0.25) is 0 Å². The van der Waals surface area contributed by atoms with Crippen molar-refractivity contribution >= 4 is 11.6 Å². The zero-order valence-corrected chi connectivity index (χ0v) is 9.61. The Morgan fingerprint density at radius 3 is 2.88 bits per heavy atom. The molecule has 0 aliphatic carbocycles. The number of carbonyl (C=O) groups is 1. The number of benzene rings is 1. The fourth-order valence-corrected chi connectivity index (χ4v) is 2.00. The number of halogens is 1. The molecule has 17 heavy (non-hydrogen) atoms. The fourth-order valence-electron chi connectivity index (χ4n) is 2.00. The normalized spacial score (nSPS) is 24.1. The van der Waals surface area contributed by atoms with Crippen LogP contribution >= 0.6 is 0 Å². The van der Waals surface area contributed by atoms with E-state index in [0.717, 1.165) is 6.07 Å². The van der Waals surface area contributed by atoms with Gasteiger partial charge in [0.25, 0.3) is 5.91 Å². The molecule has 1 aromatic carbocycles. The smallest absolute Gasteiger partial charge is 0.256 e. The summed E-state index contributed by atoms with van der Waals surface area (Å²) in [7, 11) is 0. The van der Waals surface area contributed by atoms with Gasteiger partial charge in [0.1, 0.15) is 5.82 Å². The van der Waals surface area contributed by atoms with E-state index in [4.69, 9.17) is 5.73 Å². The molecule has 1 aromatic rings. The maximum absolute atomic E-state index is 13.1. The van der Waals surface area contributed by atoms with Gasteiger partial charge in [-0.3, -0.25) is 4.79 Å². The number of carbonyl (C=O) groups excluding carboxylic acids is 1. The van der Waals surface area contributed by atoms with Crippen molar-refractivity contribution in [2.45, 2.75) is 18.9 Å². The first-order valence-electron chi connectivity index (χ1n) is 5.46. The first-order chi connectivity index (χ1) is 7.89. The molecule has 1 atom stereocenters. The third-order valence-electron chi connectivity index (χ3n) is 2.98. The van der Waals surface area contributed by atoms with Gasteiger partial charge in [0.05, 0.1) is 11.2 Å². The average molecular weight is 238 g/mol. The third kappa shape index (κ3) is 2.39. The van der Waals surface area contributed by atoms with Crippen LogP contribution in [0.5, 0.6) is 0 Å². The Morgan fingerprint density at radius 2 is 2.29 bits per heavy atom. The molecule has 1 aliphatic heterocycles. The molecule has 1 unspecified atom stereocenters. The van der Waals surface area contributed by atoms with Gasteiger partial charge in [-0.15, -0.1) is 0 Å². The Hall–Kier alpha value is -1.62. The number of β-amino-alcohol motifs (C(OH)–C–C–N with tert-alkyl or cyclic N) is 1. The molecule has 1 aliphatic rings. The van der Waals surface area contributed by atoms with E-state index in [0.29, 0.717) is 13.0 Å². The highest BCUT2D eigenvalue weighted by Crippen LogP contribution is 2.24. The van der Waals surface area contributed by atoms with E-state index >= 15 is 0 Å². The second kappa shape index (κ2) is 4.00. The summed E-state index contributed by atoms with van der Waals surface area (Å²) in [5.41, 5.74) is 5.19. The van der Waals surface area contributed by atoms with E-state index in [1.807, 2.05) is 0 Å². The van der Waals surface area contributed by atoms with Crippen LogP contribution in [0.4, 0.5) is 10.1 Å². The van der Waals surface area contributed by atoms with Gasteiger partial charge in [-0.2, -0.15) is 0 Å². The monoisotopic (exact) mass is 238 g/mol. The van der Waals surface area contributed by atoms with E-state index in [1.165, 1.54) is 17.0 Å². The molecule has 1 saturated heterocycles. The van der Waals surface area contributed by atoms with Crippen molar-refractivity contribution in [2.75, 3.05) is 18.8 Å². The summed E-state index contributed by atoms with van der Waals surface area (Å²) in [6, 6.07) is 3.72. The molecule has 0 bridgehead atoms. The maximum atomic E-state index is 13.1. The number of anilines is 1. The molecule has 4 nitrogen and oxygen atoms in total. The van der Waals surface area contributed by atoms with Crippen LogP contribution in [0.15, 0.2) is 18.2 Å². The Bertz CT molecular complexity index is 460. The SMILES string of the molecule is CC1(O)CCN(C(=O)c2cc(F)ccc2N)C1. The topological polar surface area (TPSA) is 66.6 Å². The number of aliphatic hydroxyl groups is 1. The van der Waals surface area contributed by atoms with Gasteiger partial charge in [-0.1, -0.05) is 0 Å². The molecule has 1 heterocycles. The van der Waals surface area contributed by atoms with Crippen molar-refractivity contribution in [1.29, 1.82) is 0 Å². The van der Waals surface area contributed by atoms with Gasteiger partial charge in [-0.25, -0.2) is 4.39 Å². The third-order valence-corrected chi connectivity index (χ3v) is 2.98. The Balaban J connectivity index is 2.23. The minimum Gasteiger partial charge on any atom is -0.398 e. The van der Waals surface area contributed by atoms with E-state index in [9.17, 15) is 14.3 Å². The van der Waals surface area contributed by atoms with E-state index in [-0.39, 0.29) is 23.7 Å². The number of hydrogen-bond donors (Lipinski definition) is 2. The van der Waals surface area contributed by atoms with E-state index in [2.05, 4.69) is 0 Å². The Kier molecular flexibility index (Phi) is 2.79. The minimum absolute atomic E-state index is 0.155. The van der Waals surface area contributed by atoms with Gasteiger partial charge in [0.15, 0.2) is 0 Å². The van der Waals surface area contributed by atoms with Crippen LogP contribution in [0.1, 0.15) is 23.7 Å². The number of rotatable bonds is 1. The summed E-state index contributed by atoms with van der Waals surface area (Å²) in [5.74, 6) is -0.826. The number of nitrogens with two attached hydrogens (primary N) is 1. The molecule has 0 saturated carbocycles. The Morgan fingerprint density at radius 1 is 1.59 bits per heavy atom. The molecular formula is C12H15FN2O2. The lowest BCUT2D eigenvalue weighted by Crippen LogP contribution is -2.34. The van der Waals surface area contributed by atoms with Crippen LogP contribution in [0, 0.1) is 5.82 Å². The highest BCUT2D eigenvalue weighted by atomic mass is 19.1. The maximum Gasteiger partial charge on any atom is 0.256 e. The molecule has 2 rings (SSSR count). The van der Waals surface area contributed by atoms with Gasteiger partial charge >= 0.3 is 0 Å². The summed E-state index contributed by atoms with van der Waals surface area (Å²) < 4.78 is 13.1. The summed E-state index contributed by atoms with van der Waals surface area (Å²) in [5, 5.41) is 9.79. The van der Waals surface area contributed by atoms with Gasteiger partial charge in [-0.05, 0) is 31.5 Å². The van der Waals surface area contributed by atoms with Crippen LogP contribution in [-0.4, -0.2) is 34.6 Å². The number of hydrogen-bond acceptors (Lipinski definition) is 3. The molecule has 5 heteroatoms. The van der Waals surface area contributed by atoms with Crippen molar-refractivity contribution in [1.82, 2.24) is 4.90 Å². The fraction of sp³-hybridized carbons (Fsp3) is 0.417. The van der Waals surface area contributed by atoms with E-state index < -0.39 is 11.4 Å². The second-order valence-electron chi connectivity index (χ2n) is 4.71. The average Bonchev–Trinajstić information content (AvgIpc) is 2.61. The van der Waals surface area contributed by atoms with Crippen molar-refractivity contribution in [2.24, 2.45) is 0 Å². The minimum atomic E-state index is -0.863. The quantitative estimate of drug-likeness (QED) is 0.717. The highest BCUT2D eigenvalue weighted by Gasteiger charge is 2.34. The predicted octanol–water partition coefficient (Wildman–Crippen LogP) is 1.00. The first-order valence-corrected chi connectivity index (χ1v) is 5.46. The van der Waals surface area contributed by atoms with Crippen LogP contribution in [0.25, 0.3) is 0 Å². The number of nitrogen functional groups attached to an aromatic ring is 1. The van der Waals surface area contributed by atoms with Crippen LogP contribution in [-0.2, 0) is 0 Å². The first kappa shape index (κ1) is 11.9. The molecule has 0 spiro atoms. The molecule has 0 radical (unpaired) electrons. The summed E-state index contributed by atoms with van der Waals surface area (Å²) in [6.07, 6.45) is 0.522. The van der Waals surface area contributed by atoms with Crippen molar-refractivity contribution in [3.8, 4) is 0 Å². The van der Waals surface area contributed by atoms with Crippen molar-refractivity contribution in [3.63, 3.8) is 0 Å². The van der Waals surface area contributed by atoms with Crippen molar-refractivity contribution < 1.29 is 14.3 Å². The zero-order chi connectivity index (χ0) is 12.6. The number of amides is 1. The van der Waals surface area contributed by atoms with Crippen molar-refractivity contribution in [3.05, 3.63) is 29.6 Å². The number of likely N-dealkylation sites (tertiary alicyclic amines) is 1. The standard InChI is InChI=1S/C12H15FN2O2/c1-12(17)4-5-15(7-12)11(16)9-6-8(13)2-3-10(9)14/h2-3,6,17H,4-5,7,14H2,1H3. The van der Waals surface area contributed by atoms with E-state index in [1.54, 1.807) is 6.92 Å². The zero-order valence-electron chi connectivity index (χ0n) is 9.61. The largest absolute Gasteiger partial charge is 0.398 e. The van der Waals surface area contributed by atoms with Crippen LogP contribution < -0.4 is 5.73 Å². The highest BCUT2D eigenvalue weighted by molar-refractivity contribution is 5.99. The summed E-state index contributed by atoms with van der Waals surface area (Å²) in [4.78, 5) is 13.6. The van der Waals surface area contributed by atoms with Gasteiger partial charge < -0.3 is 15.7 Å². The molecule has 0 aromatic heterocycles. The molecule has 1 fully saturated rings. The molecule has 3 N–H and O–H groups in total. The lowest BCUT2D eigenvalue weighted by atomic mass is 10.1.